The van der Waals surface area contributed by atoms with Gasteiger partial charge in [0.2, 0.25) is 0 Å². The first kappa shape index (κ1) is 6.96. The van der Waals surface area contributed by atoms with Crippen LogP contribution < -0.4 is 5.32 Å². The predicted molar refractivity (Wildman–Crippen MR) is 33.0 cm³/mol. The molecule has 0 aromatic carbocycles. The van der Waals surface area contributed by atoms with Gasteiger partial charge in [-0.25, -0.2) is 4.39 Å². The van der Waals surface area contributed by atoms with Crippen LogP contribution in [-0.2, 0) is 0 Å². The summed E-state index contributed by atoms with van der Waals surface area (Å²) in [6, 6.07) is 0. The van der Waals surface area contributed by atoms with E-state index in [9.17, 15) is 4.39 Å². The minimum absolute atomic E-state index is 0.342. The van der Waals surface area contributed by atoms with Crippen LogP contribution in [0.1, 0.15) is 12.8 Å². The zero-order chi connectivity index (χ0) is 6.69. The fourth-order valence-electron chi connectivity index (χ4n) is 0.984. The monoisotopic (exact) mass is 133 g/mol. The molecule has 0 spiro atoms. The van der Waals surface area contributed by atoms with E-state index < -0.39 is 6.17 Å². The summed E-state index contributed by atoms with van der Waals surface area (Å²) in [5, 5.41) is 11.8. The molecule has 2 N–H and O–H groups in total. The van der Waals surface area contributed by atoms with Crippen molar-refractivity contribution >= 4 is 0 Å². The van der Waals surface area contributed by atoms with Crippen LogP contribution in [0, 0.1) is 0 Å². The first-order valence-corrected chi connectivity index (χ1v) is 3.32. The molecule has 2 atom stereocenters. The number of rotatable bonds is 0. The molecule has 1 aliphatic rings. The van der Waals surface area contributed by atoms with Crippen molar-refractivity contribution in [1.82, 2.24) is 5.32 Å². The van der Waals surface area contributed by atoms with Crippen LogP contribution in [0.15, 0.2) is 0 Å². The zero-order valence-electron chi connectivity index (χ0n) is 5.31. The molecule has 0 aromatic rings. The smallest absolute Gasteiger partial charge is 0.113 e. The number of halogens is 1. The minimum atomic E-state index is -0.762. The third-order valence-corrected chi connectivity index (χ3v) is 1.56. The summed E-state index contributed by atoms with van der Waals surface area (Å²) in [4.78, 5) is 0. The highest BCUT2D eigenvalue weighted by molar-refractivity contribution is 4.70. The average molecular weight is 133 g/mol. The van der Waals surface area contributed by atoms with Gasteiger partial charge in [-0.15, -0.1) is 0 Å². The predicted octanol–water partition coefficient (Wildman–Crippen LogP) is 0.0688. The normalized spacial score (nSPS) is 38.0. The van der Waals surface area contributed by atoms with Crippen LogP contribution in [0.2, 0.25) is 0 Å². The molecule has 0 radical (unpaired) electrons. The molecule has 1 heterocycles. The van der Waals surface area contributed by atoms with E-state index in [0.29, 0.717) is 25.9 Å². The largest absolute Gasteiger partial charge is 0.392 e. The summed E-state index contributed by atoms with van der Waals surface area (Å²) >= 11 is 0. The molecule has 1 unspecified atom stereocenters. The van der Waals surface area contributed by atoms with Crippen LogP contribution in [0.3, 0.4) is 0 Å². The van der Waals surface area contributed by atoms with E-state index in [-0.39, 0.29) is 6.10 Å². The Balaban J connectivity index is 2.25. The van der Waals surface area contributed by atoms with Crippen molar-refractivity contribution < 1.29 is 9.50 Å². The quantitative estimate of drug-likeness (QED) is 0.490. The fourth-order valence-corrected chi connectivity index (χ4v) is 0.984. The lowest BCUT2D eigenvalue weighted by Gasteiger charge is -2.02. The van der Waals surface area contributed by atoms with Crippen molar-refractivity contribution in [2.45, 2.75) is 25.1 Å². The van der Waals surface area contributed by atoms with Crippen LogP contribution in [0.4, 0.5) is 4.39 Å². The van der Waals surface area contributed by atoms with E-state index in [1.54, 1.807) is 0 Å². The highest BCUT2D eigenvalue weighted by Crippen LogP contribution is 2.07. The molecular formula is C6H12FNO. The minimum Gasteiger partial charge on any atom is -0.392 e. The molecule has 1 rings (SSSR count). The van der Waals surface area contributed by atoms with Gasteiger partial charge in [-0.2, -0.15) is 0 Å². The van der Waals surface area contributed by atoms with Gasteiger partial charge in [0.25, 0.3) is 0 Å². The number of aliphatic hydroxyl groups excluding tert-OH is 1. The average Bonchev–Trinajstić information content (AvgIpc) is 1.97. The SMILES string of the molecule is OC1CC[C@@H](F)CNC1. The number of alkyl halides is 1. The van der Waals surface area contributed by atoms with Gasteiger partial charge in [0.1, 0.15) is 6.17 Å². The van der Waals surface area contributed by atoms with Crippen LogP contribution in [0.5, 0.6) is 0 Å². The maximum absolute atomic E-state index is 12.4. The third-order valence-electron chi connectivity index (χ3n) is 1.56. The van der Waals surface area contributed by atoms with E-state index in [1.807, 2.05) is 0 Å². The zero-order valence-corrected chi connectivity index (χ0v) is 5.31. The fraction of sp³-hybridized carbons (Fsp3) is 1.00. The molecule has 9 heavy (non-hydrogen) atoms. The van der Waals surface area contributed by atoms with E-state index >= 15 is 0 Å². The molecule has 1 aliphatic heterocycles. The van der Waals surface area contributed by atoms with Crippen molar-refractivity contribution in [2.75, 3.05) is 13.1 Å². The van der Waals surface area contributed by atoms with E-state index in [4.69, 9.17) is 5.11 Å². The number of hydrogen-bond donors (Lipinski definition) is 2. The molecule has 1 saturated heterocycles. The second kappa shape index (κ2) is 3.13. The summed E-state index contributed by atoms with van der Waals surface area (Å²) in [7, 11) is 0. The Kier molecular flexibility index (Phi) is 2.42. The second-order valence-corrected chi connectivity index (χ2v) is 2.49. The second-order valence-electron chi connectivity index (χ2n) is 2.49. The van der Waals surface area contributed by atoms with Crippen molar-refractivity contribution in [3.8, 4) is 0 Å². The highest BCUT2D eigenvalue weighted by atomic mass is 19.1. The first-order valence-electron chi connectivity index (χ1n) is 3.32. The number of aliphatic hydroxyl groups is 1. The summed E-state index contributed by atoms with van der Waals surface area (Å²) in [6.07, 6.45) is -0.0181. The Labute approximate surface area is 54.1 Å². The highest BCUT2D eigenvalue weighted by Gasteiger charge is 2.14. The lowest BCUT2D eigenvalue weighted by molar-refractivity contribution is 0.164. The van der Waals surface area contributed by atoms with E-state index in [2.05, 4.69) is 5.32 Å². The topological polar surface area (TPSA) is 32.3 Å². The van der Waals surface area contributed by atoms with Gasteiger partial charge in [-0.05, 0) is 12.8 Å². The number of hydrogen-bond acceptors (Lipinski definition) is 2. The van der Waals surface area contributed by atoms with Crippen LogP contribution in [-0.4, -0.2) is 30.5 Å². The first-order chi connectivity index (χ1) is 4.29. The van der Waals surface area contributed by atoms with Gasteiger partial charge >= 0.3 is 0 Å². The molecule has 0 aromatic heterocycles. The van der Waals surface area contributed by atoms with E-state index in [0.717, 1.165) is 0 Å². The van der Waals surface area contributed by atoms with Crippen LogP contribution in [0.25, 0.3) is 0 Å². The molecule has 0 bridgehead atoms. The maximum Gasteiger partial charge on any atom is 0.113 e. The summed E-state index contributed by atoms with van der Waals surface area (Å²) in [5.41, 5.74) is 0. The van der Waals surface area contributed by atoms with Gasteiger partial charge < -0.3 is 10.4 Å². The third kappa shape index (κ3) is 2.28. The van der Waals surface area contributed by atoms with Crippen molar-refractivity contribution in [3.05, 3.63) is 0 Å². The lowest BCUT2D eigenvalue weighted by atomic mass is 10.2. The van der Waals surface area contributed by atoms with E-state index in [1.165, 1.54) is 0 Å². The molecular weight excluding hydrogens is 121 g/mol. The standard InChI is InChI=1S/C6H12FNO/c7-5-1-2-6(9)4-8-3-5/h5-6,8-9H,1-4H2/t5-,6?/m1/s1. The Morgan fingerprint density at radius 1 is 1.33 bits per heavy atom. The molecule has 0 amide bonds. The number of β-amino-alcohol motifs (C(OH)–C–C–N with tert-alkyl or cyclic N) is 1. The van der Waals surface area contributed by atoms with Gasteiger partial charge in [0.15, 0.2) is 0 Å². The van der Waals surface area contributed by atoms with Gasteiger partial charge in [0.05, 0.1) is 6.10 Å². The number of nitrogens with one attached hydrogen (secondary N) is 1. The molecule has 0 saturated carbocycles. The van der Waals surface area contributed by atoms with Gasteiger partial charge in [-0.1, -0.05) is 0 Å². The Hall–Kier alpha value is -0.150. The summed E-state index contributed by atoms with van der Waals surface area (Å²) < 4.78 is 12.4. The Morgan fingerprint density at radius 2 is 2.11 bits per heavy atom. The Bertz CT molecular complexity index is 79.1. The van der Waals surface area contributed by atoms with Crippen molar-refractivity contribution in [3.63, 3.8) is 0 Å². The molecule has 2 nitrogen and oxygen atoms in total. The molecule has 54 valence electrons. The lowest BCUT2D eigenvalue weighted by Crippen LogP contribution is -2.26. The van der Waals surface area contributed by atoms with Crippen molar-refractivity contribution in [2.24, 2.45) is 0 Å². The van der Waals surface area contributed by atoms with Gasteiger partial charge in [-0.3, -0.25) is 0 Å². The summed E-state index contributed by atoms with van der Waals surface area (Å²) in [5.74, 6) is 0. The van der Waals surface area contributed by atoms with Gasteiger partial charge in [0, 0.05) is 13.1 Å². The van der Waals surface area contributed by atoms with Crippen LogP contribution >= 0.6 is 0 Å². The molecule has 3 heteroatoms. The summed E-state index contributed by atoms with van der Waals surface area (Å²) in [6.45, 7) is 0.942. The molecule has 1 fully saturated rings. The van der Waals surface area contributed by atoms with Crippen molar-refractivity contribution in [1.29, 1.82) is 0 Å². The molecule has 0 aliphatic carbocycles. The Morgan fingerprint density at radius 3 is 2.89 bits per heavy atom. The maximum atomic E-state index is 12.4.